The van der Waals surface area contributed by atoms with Crippen molar-refractivity contribution in [1.29, 1.82) is 0 Å². The van der Waals surface area contributed by atoms with Crippen molar-refractivity contribution in [3.05, 3.63) is 45.9 Å². The third-order valence-corrected chi connectivity index (χ3v) is 4.01. The number of nitrogens with two attached hydrogens (primary N) is 1. The molecule has 0 aliphatic rings. The number of hydrogen-bond acceptors (Lipinski definition) is 2. The van der Waals surface area contributed by atoms with Crippen molar-refractivity contribution < 1.29 is 0 Å². The lowest BCUT2D eigenvalue weighted by atomic mass is 10.1. The van der Waals surface area contributed by atoms with Gasteiger partial charge >= 0.3 is 0 Å². The zero-order chi connectivity index (χ0) is 14.3. The Bertz CT molecular complexity index is 795. The molecule has 0 atom stereocenters. The first kappa shape index (κ1) is 13.5. The second kappa shape index (κ2) is 5.11. The minimum absolute atomic E-state index is 0.689. The lowest BCUT2D eigenvalue weighted by molar-refractivity contribution is 0.796. The Kier molecular flexibility index (Phi) is 3.44. The molecule has 5 heteroatoms. The number of nitrogens with zero attached hydrogens (tertiary/aromatic N) is 2. The van der Waals surface area contributed by atoms with Crippen LogP contribution in [0.25, 0.3) is 22.4 Å². The van der Waals surface area contributed by atoms with Gasteiger partial charge in [0.15, 0.2) is 0 Å². The van der Waals surface area contributed by atoms with Crippen LogP contribution in [0.1, 0.15) is 6.92 Å². The Morgan fingerprint density at radius 1 is 1.25 bits per heavy atom. The molecule has 0 amide bonds. The summed E-state index contributed by atoms with van der Waals surface area (Å²) < 4.78 is 3.10. The van der Waals surface area contributed by atoms with Crippen LogP contribution in [0.4, 0.5) is 5.69 Å². The van der Waals surface area contributed by atoms with Gasteiger partial charge in [-0.25, -0.2) is 4.98 Å². The maximum absolute atomic E-state index is 6.12. The molecule has 3 rings (SSSR count). The standard InChI is InChI=1S/C15H13BrClN3/c1-2-20-14-6-4-10(17)8-13(14)19-15(20)11-5-3-9(16)7-12(11)18/h3-8H,2,18H2,1H3. The molecule has 0 saturated heterocycles. The Morgan fingerprint density at radius 2 is 2.05 bits per heavy atom. The molecule has 3 nitrogen and oxygen atoms in total. The molecule has 3 aromatic rings. The normalized spacial score (nSPS) is 11.2. The van der Waals surface area contributed by atoms with E-state index in [1.165, 1.54) is 0 Å². The molecule has 0 unspecified atom stereocenters. The van der Waals surface area contributed by atoms with E-state index in [1.54, 1.807) is 0 Å². The Morgan fingerprint density at radius 3 is 2.75 bits per heavy atom. The minimum Gasteiger partial charge on any atom is -0.398 e. The number of fused-ring (bicyclic) bond motifs is 1. The molecule has 0 spiro atoms. The Balaban J connectivity index is 2.30. The minimum atomic E-state index is 0.689. The molecule has 1 heterocycles. The highest BCUT2D eigenvalue weighted by Gasteiger charge is 2.14. The fourth-order valence-corrected chi connectivity index (χ4v) is 2.91. The second-order valence-electron chi connectivity index (χ2n) is 4.54. The maximum atomic E-state index is 6.12. The number of halogens is 2. The molecule has 102 valence electrons. The van der Waals surface area contributed by atoms with Crippen LogP contribution in [0, 0.1) is 0 Å². The summed E-state index contributed by atoms with van der Waals surface area (Å²) in [6.45, 7) is 2.91. The largest absolute Gasteiger partial charge is 0.398 e. The molecule has 2 aromatic carbocycles. The van der Waals surface area contributed by atoms with E-state index in [0.29, 0.717) is 10.7 Å². The number of rotatable bonds is 2. The average molecular weight is 351 g/mol. The van der Waals surface area contributed by atoms with Gasteiger partial charge in [-0.1, -0.05) is 27.5 Å². The molecule has 20 heavy (non-hydrogen) atoms. The van der Waals surface area contributed by atoms with E-state index in [9.17, 15) is 0 Å². The summed E-state index contributed by atoms with van der Waals surface area (Å²) >= 11 is 9.47. The van der Waals surface area contributed by atoms with Crippen molar-refractivity contribution in [3.8, 4) is 11.4 Å². The molecule has 0 radical (unpaired) electrons. The SMILES string of the molecule is CCn1c(-c2ccc(Br)cc2N)nc2cc(Cl)ccc21. The topological polar surface area (TPSA) is 43.8 Å². The van der Waals surface area contributed by atoms with E-state index >= 15 is 0 Å². The van der Waals surface area contributed by atoms with Gasteiger partial charge in [0.1, 0.15) is 5.82 Å². The van der Waals surface area contributed by atoms with Crippen molar-refractivity contribution in [1.82, 2.24) is 9.55 Å². The monoisotopic (exact) mass is 349 g/mol. The van der Waals surface area contributed by atoms with E-state index in [-0.39, 0.29) is 0 Å². The summed E-state index contributed by atoms with van der Waals surface area (Å²) in [7, 11) is 0. The summed E-state index contributed by atoms with van der Waals surface area (Å²) in [4.78, 5) is 4.69. The number of benzene rings is 2. The van der Waals surface area contributed by atoms with Crippen molar-refractivity contribution in [2.75, 3.05) is 5.73 Å². The predicted molar refractivity (Wildman–Crippen MR) is 88.0 cm³/mol. The summed E-state index contributed by atoms with van der Waals surface area (Å²) in [5.41, 5.74) is 9.71. The third kappa shape index (κ3) is 2.19. The van der Waals surface area contributed by atoms with Gasteiger partial charge in [-0.15, -0.1) is 0 Å². The van der Waals surface area contributed by atoms with Gasteiger partial charge < -0.3 is 10.3 Å². The molecule has 0 aliphatic carbocycles. The molecule has 0 bridgehead atoms. The quantitative estimate of drug-likeness (QED) is 0.680. The molecule has 0 fully saturated rings. The van der Waals surface area contributed by atoms with E-state index in [1.807, 2.05) is 36.4 Å². The van der Waals surface area contributed by atoms with E-state index in [2.05, 4.69) is 32.4 Å². The fourth-order valence-electron chi connectivity index (χ4n) is 2.37. The highest BCUT2D eigenvalue weighted by atomic mass is 79.9. The Hall–Kier alpha value is -1.52. The molecule has 2 N–H and O–H groups in total. The average Bonchev–Trinajstić information content (AvgIpc) is 2.75. The predicted octanol–water partition coefficient (Wildman–Crippen LogP) is 4.72. The zero-order valence-electron chi connectivity index (χ0n) is 10.9. The summed E-state index contributed by atoms with van der Waals surface area (Å²) in [6.07, 6.45) is 0. The van der Waals surface area contributed by atoms with Crippen molar-refractivity contribution in [2.24, 2.45) is 0 Å². The van der Waals surface area contributed by atoms with Gasteiger partial charge in [-0.3, -0.25) is 0 Å². The van der Waals surface area contributed by atoms with Gasteiger partial charge in [-0.05, 0) is 43.3 Å². The van der Waals surface area contributed by atoms with Crippen molar-refractivity contribution >= 4 is 44.3 Å². The second-order valence-corrected chi connectivity index (χ2v) is 5.90. The van der Waals surface area contributed by atoms with Crippen molar-refractivity contribution in [2.45, 2.75) is 13.5 Å². The van der Waals surface area contributed by atoms with Crippen LogP contribution in [0.3, 0.4) is 0 Å². The highest BCUT2D eigenvalue weighted by molar-refractivity contribution is 9.10. The molecule has 1 aromatic heterocycles. The van der Waals surface area contributed by atoms with Gasteiger partial charge in [0.05, 0.1) is 11.0 Å². The first-order chi connectivity index (χ1) is 9.60. The van der Waals surface area contributed by atoms with Crippen LogP contribution in [-0.2, 0) is 6.54 Å². The Labute approximate surface area is 130 Å². The van der Waals surface area contributed by atoms with E-state index in [4.69, 9.17) is 17.3 Å². The smallest absolute Gasteiger partial charge is 0.143 e. The maximum Gasteiger partial charge on any atom is 0.143 e. The van der Waals surface area contributed by atoms with Gasteiger partial charge in [0.25, 0.3) is 0 Å². The van der Waals surface area contributed by atoms with Crippen LogP contribution in [0.15, 0.2) is 40.9 Å². The first-order valence-electron chi connectivity index (χ1n) is 6.31. The van der Waals surface area contributed by atoms with Gasteiger partial charge in [0, 0.05) is 27.3 Å². The lowest BCUT2D eigenvalue weighted by Crippen LogP contribution is -2.00. The number of hydrogen-bond donors (Lipinski definition) is 1. The number of aromatic nitrogens is 2. The highest BCUT2D eigenvalue weighted by Crippen LogP contribution is 2.31. The van der Waals surface area contributed by atoms with Crippen molar-refractivity contribution in [3.63, 3.8) is 0 Å². The van der Waals surface area contributed by atoms with E-state index in [0.717, 1.165) is 33.4 Å². The van der Waals surface area contributed by atoms with Crippen LogP contribution in [0.5, 0.6) is 0 Å². The summed E-state index contributed by atoms with van der Waals surface area (Å²) in [6, 6.07) is 11.6. The summed E-state index contributed by atoms with van der Waals surface area (Å²) in [5.74, 6) is 0.870. The number of anilines is 1. The van der Waals surface area contributed by atoms with Crippen LogP contribution in [-0.4, -0.2) is 9.55 Å². The molecular formula is C15H13BrClN3. The van der Waals surface area contributed by atoms with Crippen LogP contribution < -0.4 is 5.73 Å². The fraction of sp³-hybridized carbons (Fsp3) is 0.133. The number of nitrogen functional groups attached to an aromatic ring is 1. The van der Waals surface area contributed by atoms with Crippen LogP contribution in [0.2, 0.25) is 5.02 Å². The molecule has 0 saturated carbocycles. The summed E-state index contributed by atoms with van der Waals surface area (Å²) in [5, 5.41) is 0.689. The van der Waals surface area contributed by atoms with Gasteiger partial charge in [0.2, 0.25) is 0 Å². The number of aryl methyl sites for hydroxylation is 1. The molecule has 0 aliphatic heterocycles. The third-order valence-electron chi connectivity index (χ3n) is 3.28. The van der Waals surface area contributed by atoms with Gasteiger partial charge in [-0.2, -0.15) is 0 Å². The first-order valence-corrected chi connectivity index (χ1v) is 7.48. The zero-order valence-corrected chi connectivity index (χ0v) is 13.2. The molecular weight excluding hydrogens is 338 g/mol. The van der Waals surface area contributed by atoms with E-state index < -0.39 is 0 Å². The lowest BCUT2D eigenvalue weighted by Gasteiger charge is -2.08. The van der Waals surface area contributed by atoms with Crippen LogP contribution >= 0.6 is 27.5 Å². The number of imidazole rings is 1.